The Labute approximate surface area is 167 Å². The number of benzene rings is 2. The molecule has 0 spiro atoms. The molecule has 0 amide bonds. The van der Waals surface area contributed by atoms with Gasteiger partial charge >= 0.3 is 0 Å². The molecule has 2 aromatic heterocycles. The summed E-state index contributed by atoms with van der Waals surface area (Å²) in [6, 6.07) is 15.9. The number of hydrogen-bond donors (Lipinski definition) is 0. The molecule has 0 bridgehead atoms. The van der Waals surface area contributed by atoms with Gasteiger partial charge in [-0.1, -0.05) is 41.6 Å². The minimum atomic E-state index is 0.235. The Hall–Kier alpha value is -3.06. The molecule has 0 radical (unpaired) electrons. The maximum atomic E-state index is 5.68. The average Bonchev–Trinajstić information content (AvgIpc) is 3.35. The van der Waals surface area contributed by atoms with Crippen LogP contribution in [0.5, 0.6) is 5.75 Å². The molecule has 7 heteroatoms. The van der Waals surface area contributed by atoms with Crippen LogP contribution in [0.4, 0.5) is 0 Å². The van der Waals surface area contributed by atoms with E-state index in [1.807, 2.05) is 62.4 Å². The van der Waals surface area contributed by atoms with Gasteiger partial charge in [0.15, 0.2) is 6.61 Å². The van der Waals surface area contributed by atoms with Gasteiger partial charge < -0.3 is 13.6 Å². The summed E-state index contributed by atoms with van der Waals surface area (Å²) in [6.07, 6.45) is 1.65. The Morgan fingerprint density at radius 2 is 1.86 bits per heavy atom. The fraction of sp³-hybridized carbons (Fsp3) is 0.190. The number of oxazole rings is 1. The highest BCUT2D eigenvalue weighted by Crippen LogP contribution is 2.25. The summed E-state index contributed by atoms with van der Waals surface area (Å²) >= 11 is 1.41. The third kappa shape index (κ3) is 4.61. The lowest BCUT2D eigenvalue weighted by Gasteiger charge is -2.03. The first-order valence-electron chi connectivity index (χ1n) is 8.82. The van der Waals surface area contributed by atoms with Crippen molar-refractivity contribution in [2.24, 2.45) is 0 Å². The van der Waals surface area contributed by atoms with Crippen molar-refractivity contribution in [1.82, 2.24) is 15.2 Å². The van der Waals surface area contributed by atoms with Crippen molar-refractivity contribution in [3.05, 3.63) is 77.5 Å². The molecule has 6 nitrogen and oxygen atoms in total. The number of aryl methyl sites for hydroxylation is 2. The Bertz CT molecular complexity index is 1060. The summed E-state index contributed by atoms with van der Waals surface area (Å²) in [5, 5.41) is 8.54. The molecule has 0 aliphatic rings. The second-order valence-corrected chi connectivity index (χ2v) is 7.29. The van der Waals surface area contributed by atoms with Crippen molar-refractivity contribution in [1.29, 1.82) is 0 Å². The lowest BCUT2D eigenvalue weighted by atomic mass is 10.1. The molecule has 4 aromatic rings. The van der Waals surface area contributed by atoms with E-state index in [1.165, 1.54) is 17.3 Å². The summed E-state index contributed by atoms with van der Waals surface area (Å²) in [6.45, 7) is 4.30. The molecule has 0 fully saturated rings. The molecule has 142 valence electrons. The molecule has 2 heterocycles. The van der Waals surface area contributed by atoms with Crippen molar-refractivity contribution in [3.63, 3.8) is 0 Å². The predicted molar refractivity (Wildman–Crippen MR) is 106 cm³/mol. The van der Waals surface area contributed by atoms with Gasteiger partial charge in [-0.25, -0.2) is 4.98 Å². The Kier molecular flexibility index (Phi) is 5.43. The van der Waals surface area contributed by atoms with E-state index in [9.17, 15) is 0 Å². The lowest BCUT2D eigenvalue weighted by Crippen LogP contribution is -1.95. The van der Waals surface area contributed by atoms with Crippen molar-refractivity contribution < 1.29 is 13.6 Å². The zero-order chi connectivity index (χ0) is 19.3. The number of nitrogens with zero attached hydrogens (tertiary/aromatic N) is 3. The maximum Gasteiger partial charge on any atom is 0.277 e. The monoisotopic (exact) mass is 393 g/mol. The first kappa shape index (κ1) is 18.3. The van der Waals surface area contributed by atoms with E-state index in [0.717, 1.165) is 22.6 Å². The normalized spacial score (nSPS) is 10.9. The number of rotatable bonds is 7. The molecule has 0 aliphatic carbocycles. The minimum absolute atomic E-state index is 0.235. The Morgan fingerprint density at radius 1 is 1.00 bits per heavy atom. The van der Waals surface area contributed by atoms with Gasteiger partial charge in [-0.3, -0.25) is 0 Å². The molecule has 0 saturated heterocycles. The SMILES string of the molecule is Cc1ccc(-c2nc(CSc3nnc(COc4cccc(C)c4)o3)co2)cc1. The van der Waals surface area contributed by atoms with Crippen LogP contribution < -0.4 is 4.74 Å². The van der Waals surface area contributed by atoms with E-state index in [2.05, 4.69) is 15.2 Å². The van der Waals surface area contributed by atoms with Crippen LogP contribution in [0.2, 0.25) is 0 Å². The zero-order valence-electron chi connectivity index (χ0n) is 15.6. The molecule has 2 aromatic carbocycles. The molecular formula is C21H19N3O3S. The topological polar surface area (TPSA) is 74.2 Å². The maximum absolute atomic E-state index is 5.68. The van der Waals surface area contributed by atoms with E-state index in [1.54, 1.807) is 6.26 Å². The quantitative estimate of drug-likeness (QED) is 0.399. The number of ether oxygens (including phenoxy) is 1. The highest BCUT2D eigenvalue weighted by atomic mass is 32.2. The zero-order valence-corrected chi connectivity index (χ0v) is 16.4. The van der Waals surface area contributed by atoms with Gasteiger partial charge in [-0.05, 0) is 43.7 Å². The molecule has 0 atom stereocenters. The van der Waals surface area contributed by atoms with Gasteiger partial charge in [0.1, 0.15) is 12.0 Å². The molecule has 0 unspecified atom stereocenters. The fourth-order valence-electron chi connectivity index (χ4n) is 2.54. The highest BCUT2D eigenvalue weighted by Gasteiger charge is 2.11. The van der Waals surface area contributed by atoms with Crippen LogP contribution in [0.25, 0.3) is 11.5 Å². The van der Waals surface area contributed by atoms with E-state index in [4.69, 9.17) is 13.6 Å². The van der Waals surface area contributed by atoms with Gasteiger partial charge in [-0.15, -0.1) is 10.2 Å². The van der Waals surface area contributed by atoms with Crippen LogP contribution >= 0.6 is 11.8 Å². The Balaban J connectivity index is 1.31. The highest BCUT2D eigenvalue weighted by molar-refractivity contribution is 7.98. The predicted octanol–water partition coefficient (Wildman–Crippen LogP) is 5.21. The third-order valence-electron chi connectivity index (χ3n) is 3.99. The van der Waals surface area contributed by atoms with Crippen molar-refractivity contribution in [3.8, 4) is 17.2 Å². The molecular weight excluding hydrogens is 374 g/mol. The largest absolute Gasteiger partial charge is 0.484 e. The summed E-state index contributed by atoms with van der Waals surface area (Å²) < 4.78 is 16.9. The van der Waals surface area contributed by atoms with Crippen molar-refractivity contribution >= 4 is 11.8 Å². The second kappa shape index (κ2) is 8.31. The van der Waals surface area contributed by atoms with E-state index in [-0.39, 0.29) is 6.61 Å². The number of hydrogen-bond acceptors (Lipinski definition) is 7. The van der Waals surface area contributed by atoms with Gasteiger partial charge in [0, 0.05) is 11.3 Å². The molecule has 0 saturated carbocycles. The Morgan fingerprint density at radius 3 is 2.68 bits per heavy atom. The first-order valence-corrected chi connectivity index (χ1v) is 9.80. The molecule has 0 N–H and O–H groups in total. The van der Waals surface area contributed by atoms with E-state index >= 15 is 0 Å². The van der Waals surface area contributed by atoms with Crippen LogP contribution in [0.3, 0.4) is 0 Å². The lowest BCUT2D eigenvalue weighted by molar-refractivity contribution is 0.252. The summed E-state index contributed by atoms with van der Waals surface area (Å²) in [5.41, 5.74) is 4.10. The van der Waals surface area contributed by atoms with Gasteiger partial charge in [0.25, 0.3) is 11.1 Å². The van der Waals surface area contributed by atoms with Gasteiger partial charge in [0.05, 0.1) is 5.69 Å². The summed E-state index contributed by atoms with van der Waals surface area (Å²) in [4.78, 5) is 4.51. The number of thioether (sulfide) groups is 1. The van der Waals surface area contributed by atoms with E-state index in [0.29, 0.717) is 22.8 Å². The van der Waals surface area contributed by atoms with Crippen molar-refractivity contribution in [2.75, 3.05) is 0 Å². The van der Waals surface area contributed by atoms with Crippen LogP contribution in [0, 0.1) is 13.8 Å². The molecule has 28 heavy (non-hydrogen) atoms. The summed E-state index contributed by atoms with van der Waals surface area (Å²) in [5.74, 6) is 2.40. The van der Waals surface area contributed by atoms with Gasteiger partial charge in [0.2, 0.25) is 5.89 Å². The average molecular weight is 393 g/mol. The fourth-order valence-corrected chi connectivity index (χ4v) is 3.20. The smallest absolute Gasteiger partial charge is 0.277 e. The second-order valence-electron chi connectivity index (χ2n) is 6.37. The molecule has 4 rings (SSSR count). The van der Waals surface area contributed by atoms with Crippen LogP contribution in [-0.2, 0) is 12.4 Å². The van der Waals surface area contributed by atoms with E-state index < -0.39 is 0 Å². The van der Waals surface area contributed by atoms with Gasteiger partial charge in [-0.2, -0.15) is 0 Å². The van der Waals surface area contributed by atoms with Crippen LogP contribution in [0.15, 0.2) is 68.9 Å². The number of aromatic nitrogens is 3. The van der Waals surface area contributed by atoms with Crippen LogP contribution in [-0.4, -0.2) is 15.2 Å². The van der Waals surface area contributed by atoms with Crippen LogP contribution in [0.1, 0.15) is 22.7 Å². The minimum Gasteiger partial charge on any atom is -0.484 e. The third-order valence-corrected chi connectivity index (χ3v) is 4.85. The standard InChI is InChI=1S/C21H19N3O3S/c1-14-6-8-16(9-7-14)20-22-17(11-26-20)13-28-21-24-23-19(27-21)12-25-18-5-3-4-15(2)10-18/h3-11H,12-13H2,1-2H3. The molecule has 0 aliphatic heterocycles. The summed E-state index contributed by atoms with van der Waals surface area (Å²) in [7, 11) is 0. The van der Waals surface area contributed by atoms with Crippen molar-refractivity contribution in [2.45, 2.75) is 31.4 Å². The first-order chi connectivity index (χ1) is 13.7.